The molecule has 2 fully saturated rings. The highest BCUT2D eigenvalue weighted by atomic mass is 32.2. The number of sulfone groups is 1. The van der Waals surface area contributed by atoms with Crippen LogP contribution in [0.1, 0.15) is 13.3 Å². The van der Waals surface area contributed by atoms with E-state index in [1.165, 1.54) is 4.90 Å². The molecule has 1 N–H and O–H groups in total. The lowest BCUT2D eigenvalue weighted by Gasteiger charge is -2.27. The monoisotopic (exact) mass is 347 g/mol. The molecule has 0 spiro atoms. The summed E-state index contributed by atoms with van der Waals surface area (Å²) in [7, 11) is -3.09. The van der Waals surface area contributed by atoms with Gasteiger partial charge >= 0.3 is 11.8 Å². The second kappa shape index (κ2) is 8.07. The van der Waals surface area contributed by atoms with Crippen molar-refractivity contribution in [1.82, 2.24) is 15.1 Å². The Balaban J connectivity index is 1.79. The standard InChI is InChI=1S/C14H25N3O5S/c1-2-17(12-3-10-23(20,21)11-12)14(19)13(18)15-4-5-16-6-8-22-9-7-16/h12H,2-11H2,1H3,(H,15,18). The van der Waals surface area contributed by atoms with E-state index in [9.17, 15) is 18.0 Å². The van der Waals surface area contributed by atoms with Gasteiger partial charge in [0.2, 0.25) is 0 Å². The van der Waals surface area contributed by atoms with Crippen molar-refractivity contribution in [3.8, 4) is 0 Å². The molecule has 2 saturated heterocycles. The Bertz CT molecular complexity index is 531. The summed E-state index contributed by atoms with van der Waals surface area (Å²) in [4.78, 5) is 27.8. The van der Waals surface area contributed by atoms with E-state index < -0.39 is 21.7 Å². The van der Waals surface area contributed by atoms with Crippen LogP contribution in [0.5, 0.6) is 0 Å². The summed E-state index contributed by atoms with van der Waals surface area (Å²) in [6, 6.07) is -0.387. The molecule has 0 aromatic rings. The first-order valence-corrected chi connectivity index (χ1v) is 9.84. The summed E-state index contributed by atoms with van der Waals surface area (Å²) in [6.45, 7) is 6.17. The SMILES string of the molecule is CCN(C(=O)C(=O)NCCN1CCOCC1)C1CCS(=O)(=O)C1. The molecule has 23 heavy (non-hydrogen) atoms. The van der Waals surface area contributed by atoms with Crippen LogP contribution in [-0.2, 0) is 24.2 Å². The Morgan fingerprint density at radius 1 is 1.30 bits per heavy atom. The van der Waals surface area contributed by atoms with Crippen LogP contribution in [0.15, 0.2) is 0 Å². The topological polar surface area (TPSA) is 96.0 Å². The normalized spacial score (nSPS) is 24.3. The molecule has 1 atom stereocenters. The lowest BCUT2D eigenvalue weighted by atomic mass is 10.2. The molecule has 2 amide bonds. The number of nitrogens with zero attached hydrogens (tertiary/aromatic N) is 2. The van der Waals surface area contributed by atoms with E-state index >= 15 is 0 Å². The van der Waals surface area contributed by atoms with Crippen molar-refractivity contribution >= 4 is 21.7 Å². The van der Waals surface area contributed by atoms with Crippen molar-refractivity contribution in [1.29, 1.82) is 0 Å². The Morgan fingerprint density at radius 2 is 2.00 bits per heavy atom. The molecule has 1 unspecified atom stereocenters. The maximum Gasteiger partial charge on any atom is 0.312 e. The predicted molar refractivity (Wildman–Crippen MR) is 84.7 cm³/mol. The van der Waals surface area contributed by atoms with E-state index in [4.69, 9.17) is 4.74 Å². The highest BCUT2D eigenvalue weighted by Crippen LogP contribution is 2.17. The number of carbonyl (C=O) groups is 2. The zero-order valence-corrected chi connectivity index (χ0v) is 14.3. The van der Waals surface area contributed by atoms with Crippen LogP contribution in [-0.4, -0.2) is 93.5 Å². The highest BCUT2D eigenvalue weighted by molar-refractivity contribution is 7.91. The lowest BCUT2D eigenvalue weighted by Crippen LogP contribution is -2.49. The van der Waals surface area contributed by atoms with E-state index in [1.807, 2.05) is 0 Å². The Labute approximate surface area is 137 Å². The van der Waals surface area contributed by atoms with E-state index in [1.54, 1.807) is 6.92 Å². The molecule has 0 saturated carbocycles. The average molecular weight is 347 g/mol. The third-order valence-electron chi connectivity index (χ3n) is 4.26. The van der Waals surface area contributed by atoms with Crippen molar-refractivity contribution in [2.75, 3.05) is 57.4 Å². The quantitative estimate of drug-likeness (QED) is 0.606. The molecule has 0 aromatic carbocycles. The highest BCUT2D eigenvalue weighted by Gasteiger charge is 2.35. The van der Waals surface area contributed by atoms with Gasteiger partial charge in [-0.25, -0.2) is 8.42 Å². The summed E-state index contributed by atoms with van der Waals surface area (Å²) < 4.78 is 28.3. The lowest BCUT2D eigenvalue weighted by molar-refractivity contribution is -0.147. The third-order valence-corrected chi connectivity index (χ3v) is 6.01. The molecular formula is C14H25N3O5S. The van der Waals surface area contributed by atoms with Crippen molar-refractivity contribution in [3.63, 3.8) is 0 Å². The largest absolute Gasteiger partial charge is 0.379 e. The van der Waals surface area contributed by atoms with Crippen molar-refractivity contribution < 1.29 is 22.7 Å². The fraction of sp³-hybridized carbons (Fsp3) is 0.857. The van der Waals surface area contributed by atoms with Gasteiger partial charge in [0, 0.05) is 38.8 Å². The molecular weight excluding hydrogens is 322 g/mol. The average Bonchev–Trinajstić information content (AvgIpc) is 2.88. The number of likely N-dealkylation sites (N-methyl/N-ethyl adjacent to an activating group) is 1. The van der Waals surface area contributed by atoms with Crippen LogP contribution >= 0.6 is 0 Å². The van der Waals surface area contributed by atoms with E-state index in [0.717, 1.165) is 13.1 Å². The summed E-state index contributed by atoms with van der Waals surface area (Å²) in [5.74, 6) is -1.27. The third kappa shape index (κ3) is 5.15. The molecule has 0 aliphatic carbocycles. The van der Waals surface area contributed by atoms with E-state index in [0.29, 0.717) is 39.3 Å². The van der Waals surface area contributed by atoms with Crippen LogP contribution in [0.3, 0.4) is 0 Å². The number of morpholine rings is 1. The van der Waals surface area contributed by atoms with Crippen molar-refractivity contribution in [2.24, 2.45) is 0 Å². The number of rotatable bonds is 5. The van der Waals surface area contributed by atoms with Gasteiger partial charge in [0.15, 0.2) is 9.84 Å². The van der Waals surface area contributed by atoms with Gasteiger partial charge in [0.1, 0.15) is 0 Å². The second-order valence-electron chi connectivity index (χ2n) is 5.86. The van der Waals surface area contributed by atoms with Crippen molar-refractivity contribution in [2.45, 2.75) is 19.4 Å². The Kier molecular flexibility index (Phi) is 6.37. The minimum Gasteiger partial charge on any atom is -0.379 e. The summed E-state index contributed by atoms with van der Waals surface area (Å²) in [6.07, 6.45) is 0.406. The molecule has 8 nitrogen and oxygen atoms in total. The maximum absolute atomic E-state index is 12.2. The van der Waals surface area contributed by atoms with Gasteiger partial charge in [-0.2, -0.15) is 0 Å². The smallest absolute Gasteiger partial charge is 0.312 e. The maximum atomic E-state index is 12.2. The summed E-state index contributed by atoms with van der Waals surface area (Å²) in [5, 5.41) is 2.63. The van der Waals surface area contributed by atoms with Gasteiger partial charge in [0.25, 0.3) is 0 Å². The van der Waals surface area contributed by atoms with Crippen LogP contribution in [0.25, 0.3) is 0 Å². The number of hydrogen-bond acceptors (Lipinski definition) is 6. The minimum atomic E-state index is -3.09. The molecule has 0 bridgehead atoms. The van der Waals surface area contributed by atoms with Gasteiger partial charge in [0.05, 0.1) is 24.7 Å². The Morgan fingerprint density at radius 3 is 2.57 bits per heavy atom. The number of ether oxygens (including phenoxy) is 1. The molecule has 9 heteroatoms. The molecule has 0 aromatic heterocycles. The van der Waals surface area contributed by atoms with Gasteiger partial charge in [-0.3, -0.25) is 14.5 Å². The number of nitrogens with one attached hydrogen (secondary N) is 1. The number of carbonyl (C=O) groups excluding carboxylic acids is 2. The molecule has 2 rings (SSSR count). The summed E-state index contributed by atoms with van der Waals surface area (Å²) >= 11 is 0. The van der Waals surface area contributed by atoms with Gasteiger partial charge in [-0.05, 0) is 13.3 Å². The van der Waals surface area contributed by atoms with E-state index in [2.05, 4.69) is 10.2 Å². The fourth-order valence-corrected chi connectivity index (χ4v) is 4.68. The molecule has 0 radical (unpaired) electrons. The van der Waals surface area contributed by atoms with Crippen LogP contribution in [0.4, 0.5) is 0 Å². The fourth-order valence-electron chi connectivity index (χ4n) is 2.95. The van der Waals surface area contributed by atoms with Crippen molar-refractivity contribution in [3.05, 3.63) is 0 Å². The zero-order valence-electron chi connectivity index (χ0n) is 13.5. The first kappa shape index (κ1) is 18.2. The minimum absolute atomic E-state index is 0.0480. The summed E-state index contributed by atoms with van der Waals surface area (Å²) in [5.41, 5.74) is 0. The number of amides is 2. The van der Waals surface area contributed by atoms with Gasteiger partial charge < -0.3 is 15.0 Å². The van der Waals surface area contributed by atoms with Gasteiger partial charge in [-0.15, -0.1) is 0 Å². The van der Waals surface area contributed by atoms with E-state index in [-0.39, 0.29) is 17.5 Å². The van der Waals surface area contributed by atoms with Crippen LogP contribution in [0, 0.1) is 0 Å². The molecule has 2 heterocycles. The Hall–Kier alpha value is -1.19. The number of hydrogen-bond donors (Lipinski definition) is 1. The molecule has 2 aliphatic rings. The molecule has 132 valence electrons. The van der Waals surface area contributed by atoms with Crippen LogP contribution < -0.4 is 5.32 Å². The zero-order chi connectivity index (χ0) is 16.9. The van der Waals surface area contributed by atoms with Gasteiger partial charge in [-0.1, -0.05) is 0 Å². The molecule has 2 aliphatic heterocycles. The first-order chi connectivity index (χ1) is 10.9. The van der Waals surface area contributed by atoms with Crippen LogP contribution in [0.2, 0.25) is 0 Å². The first-order valence-electron chi connectivity index (χ1n) is 8.02. The predicted octanol–water partition coefficient (Wildman–Crippen LogP) is -1.53. The second-order valence-corrected chi connectivity index (χ2v) is 8.09.